The summed E-state index contributed by atoms with van der Waals surface area (Å²) in [6.07, 6.45) is 3.77. The van der Waals surface area contributed by atoms with E-state index in [0.29, 0.717) is 12.6 Å². The summed E-state index contributed by atoms with van der Waals surface area (Å²) >= 11 is 0. The second-order valence-electron chi connectivity index (χ2n) is 4.93. The van der Waals surface area contributed by atoms with Crippen molar-refractivity contribution in [3.8, 4) is 11.5 Å². The number of benzene rings is 1. The Morgan fingerprint density at radius 1 is 1.33 bits per heavy atom. The standard InChI is InChI=1S/C16H23N3O2/c1-4-21-16-10-14(6-7-15(16)20-3)11-17-13(2)12-19-9-5-8-18-19/h5-10,13,17H,4,11-12H2,1-3H3. The van der Waals surface area contributed by atoms with Crippen molar-refractivity contribution < 1.29 is 9.47 Å². The van der Waals surface area contributed by atoms with Crippen LogP contribution in [0.3, 0.4) is 0 Å². The lowest BCUT2D eigenvalue weighted by Gasteiger charge is -2.15. The maximum atomic E-state index is 5.59. The number of aromatic nitrogens is 2. The van der Waals surface area contributed by atoms with E-state index < -0.39 is 0 Å². The summed E-state index contributed by atoms with van der Waals surface area (Å²) in [5.41, 5.74) is 1.17. The molecule has 2 rings (SSSR count). The number of hydrogen-bond acceptors (Lipinski definition) is 4. The Labute approximate surface area is 125 Å². The molecule has 0 fully saturated rings. The fourth-order valence-electron chi connectivity index (χ4n) is 2.15. The van der Waals surface area contributed by atoms with Crippen molar-refractivity contribution in [2.75, 3.05) is 13.7 Å². The molecule has 1 unspecified atom stereocenters. The monoisotopic (exact) mass is 289 g/mol. The molecule has 0 saturated carbocycles. The smallest absolute Gasteiger partial charge is 0.161 e. The molecule has 1 heterocycles. The first-order valence-corrected chi connectivity index (χ1v) is 7.23. The van der Waals surface area contributed by atoms with Crippen LogP contribution in [0.1, 0.15) is 19.4 Å². The Kier molecular flexibility index (Phi) is 5.63. The Balaban J connectivity index is 1.91. The lowest BCUT2D eigenvalue weighted by molar-refractivity contribution is 0.310. The predicted octanol–water partition coefficient (Wildman–Crippen LogP) is 2.47. The van der Waals surface area contributed by atoms with E-state index in [1.54, 1.807) is 13.3 Å². The van der Waals surface area contributed by atoms with Crippen LogP contribution in [0.2, 0.25) is 0 Å². The maximum Gasteiger partial charge on any atom is 0.161 e. The van der Waals surface area contributed by atoms with Gasteiger partial charge in [0.05, 0.1) is 20.3 Å². The zero-order valence-corrected chi connectivity index (χ0v) is 12.9. The molecule has 0 bridgehead atoms. The third kappa shape index (κ3) is 4.49. The molecule has 0 aliphatic rings. The van der Waals surface area contributed by atoms with Crippen LogP contribution in [0.15, 0.2) is 36.7 Å². The van der Waals surface area contributed by atoms with Crippen molar-refractivity contribution in [3.63, 3.8) is 0 Å². The Bertz CT molecular complexity index is 540. The maximum absolute atomic E-state index is 5.59. The van der Waals surface area contributed by atoms with Crippen molar-refractivity contribution in [3.05, 3.63) is 42.2 Å². The quantitative estimate of drug-likeness (QED) is 0.811. The van der Waals surface area contributed by atoms with Gasteiger partial charge in [-0.3, -0.25) is 4.68 Å². The van der Waals surface area contributed by atoms with Crippen molar-refractivity contribution in [1.82, 2.24) is 15.1 Å². The van der Waals surface area contributed by atoms with Crippen molar-refractivity contribution in [2.24, 2.45) is 0 Å². The molecule has 5 nitrogen and oxygen atoms in total. The average molecular weight is 289 g/mol. The van der Waals surface area contributed by atoms with Gasteiger partial charge in [0.2, 0.25) is 0 Å². The zero-order chi connectivity index (χ0) is 15.1. The molecule has 21 heavy (non-hydrogen) atoms. The van der Waals surface area contributed by atoms with E-state index >= 15 is 0 Å². The largest absolute Gasteiger partial charge is 0.493 e. The number of nitrogens with one attached hydrogen (secondary N) is 1. The summed E-state index contributed by atoms with van der Waals surface area (Å²) in [5, 5.41) is 7.70. The highest BCUT2D eigenvalue weighted by molar-refractivity contribution is 5.42. The Morgan fingerprint density at radius 3 is 2.86 bits per heavy atom. The van der Waals surface area contributed by atoms with Crippen LogP contribution >= 0.6 is 0 Å². The van der Waals surface area contributed by atoms with E-state index in [1.165, 1.54) is 5.56 Å². The molecule has 5 heteroatoms. The Hall–Kier alpha value is -2.01. The highest BCUT2D eigenvalue weighted by atomic mass is 16.5. The molecule has 0 radical (unpaired) electrons. The zero-order valence-electron chi connectivity index (χ0n) is 12.9. The minimum absolute atomic E-state index is 0.336. The summed E-state index contributed by atoms with van der Waals surface area (Å²) in [7, 11) is 1.65. The summed E-state index contributed by atoms with van der Waals surface area (Å²) in [4.78, 5) is 0. The van der Waals surface area contributed by atoms with E-state index in [9.17, 15) is 0 Å². The number of ether oxygens (including phenoxy) is 2. The van der Waals surface area contributed by atoms with Crippen LogP contribution in [0, 0.1) is 0 Å². The summed E-state index contributed by atoms with van der Waals surface area (Å²) in [6, 6.07) is 8.29. The van der Waals surface area contributed by atoms with Gasteiger partial charge in [-0.1, -0.05) is 6.07 Å². The van der Waals surface area contributed by atoms with Crippen molar-refractivity contribution in [1.29, 1.82) is 0 Å². The van der Waals surface area contributed by atoms with E-state index in [2.05, 4.69) is 23.4 Å². The van der Waals surface area contributed by atoms with Crippen LogP contribution in [-0.4, -0.2) is 29.5 Å². The average Bonchev–Trinajstić information content (AvgIpc) is 2.98. The van der Waals surface area contributed by atoms with Gasteiger partial charge in [-0.15, -0.1) is 0 Å². The first-order valence-electron chi connectivity index (χ1n) is 7.23. The van der Waals surface area contributed by atoms with Gasteiger partial charge < -0.3 is 14.8 Å². The van der Waals surface area contributed by atoms with Crippen LogP contribution in [0.5, 0.6) is 11.5 Å². The van der Waals surface area contributed by atoms with Crippen LogP contribution in [0.4, 0.5) is 0 Å². The number of methoxy groups -OCH3 is 1. The molecular weight excluding hydrogens is 266 g/mol. The molecule has 2 aromatic rings. The van der Waals surface area contributed by atoms with E-state index in [0.717, 1.165) is 24.6 Å². The first kappa shape index (κ1) is 15.4. The van der Waals surface area contributed by atoms with Crippen molar-refractivity contribution in [2.45, 2.75) is 33.0 Å². The Morgan fingerprint density at radius 2 is 2.19 bits per heavy atom. The highest BCUT2D eigenvalue weighted by Gasteiger charge is 2.07. The van der Waals surface area contributed by atoms with Gasteiger partial charge >= 0.3 is 0 Å². The molecular formula is C16H23N3O2. The molecule has 0 amide bonds. The molecule has 1 aromatic carbocycles. The van der Waals surface area contributed by atoms with Gasteiger partial charge in [0.25, 0.3) is 0 Å². The molecule has 0 aliphatic carbocycles. The molecule has 1 aromatic heterocycles. The number of hydrogen-bond donors (Lipinski definition) is 1. The lowest BCUT2D eigenvalue weighted by Crippen LogP contribution is -2.30. The predicted molar refractivity (Wildman–Crippen MR) is 82.7 cm³/mol. The molecule has 114 valence electrons. The van der Waals surface area contributed by atoms with E-state index in [4.69, 9.17) is 9.47 Å². The fourth-order valence-corrected chi connectivity index (χ4v) is 2.15. The first-order chi connectivity index (χ1) is 10.2. The van der Waals surface area contributed by atoms with Gasteiger partial charge in [-0.05, 0) is 37.6 Å². The highest BCUT2D eigenvalue weighted by Crippen LogP contribution is 2.27. The summed E-state index contributed by atoms with van der Waals surface area (Å²) < 4.78 is 12.8. The summed E-state index contributed by atoms with van der Waals surface area (Å²) in [6.45, 7) is 6.38. The van der Waals surface area contributed by atoms with Crippen molar-refractivity contribution >= 4 is 0 Å². The fraction of sp³-hybridized carbons (Fsp3) is 0.438. The van der Waals surface area contributed by atoms with Gasteiger partial charge in [0.15, 0.2) is 11.5 Å². The normalized spacial score (nSPS) is 12.1. The minimum atomic E-state index is 0.336. The van der Waals surface area contributed by atoms with Gasteiger partial charge in [0, 0.05) is 25.0 Å². The second kappa shape index (κ2) is 7.69. The molecule has 1 N–H and O–H groups in total. The summed E-state index contributed by atoms with van der Waals surface area (Å²) in [5.74, 6) is 1.56. The lowest BCUT2D eigenvalue weighted by atomic mass is 10.2. The van der Waals surface area contributed by atoms with Crippen LogP contribution < -0.4 is 14.8 Å². The van der Waals surface area contributed by atoms with E-state index in [-0.39, 0.29) is 0 Å². The molecule has 1 atom stereocenters. The van der Waals surface area contributed by atoms with Gasteiger partial charge in [0.1, 0.15) is 0 Å². The molecule has 0 spiro atoms. The third-order valence-electron chi connectivity index (χ3n) is 3.20. The topological polar surface area (TPSA) is 48.3 Å². The van der Waals surface area contributed by atoms with E-state index in [1.807, 2.05) is 36.0 Å². The van der Waals surface area contributed by atoms with Crippen LogP contribution in [0.25, 0.3) is 0 Å². The van der Waals surface area contributed by atoms with Crippen LogP contribution in [-0.2, 0) is 13.1 Å². The van der Waals surface area contributed by atoms with Gasteiger partial charge in [-0.25, -0.2) is 0 Å². The third-order valence-corrected chi connectivity index (χ3v) is 3.20. The molecule has 0 saturated heterocycles. The van der Waals surface area contributed by atoms with Gasteiger partial charge in [-0.2, -0.15) is 5.10 Å². The molecule has 0 aliphatic heterocycles. The second-order valence-corrected chi connectivity index (χ2v) is 4.93. The minimum Gasteiger partial charge on any atom is -0.493 e. The number of rotatable bonds is 8. The SMILES string of the molecule is CCOc1cc(CNC(C)Cn2cccn2)ccc1OC. The number of nitrogens with zero attached hydrogens (tertiary/aromatic N) is 2.